The molecule has 3 N–H and O–H groups in total. The maximum Gasteiger partial charge on any atom is 0.155 e. The van der Waals surface area contributed by atoms with Gasteiger partial charge in [0.05, 0.1) is 0 Å². The molecule has 3 nitrogen and oxygen atoms in total. The minimum absolute atomic E-state index is 0.183. The second kappa shape index (κ2) is 5.85. The third-order valence-corrected chi connectivity index (χ3v) is 2.43. The van der Waals surface area contributed by atoms with Gasteiger partial charge in [0.15, 0.2) is 6.29 Å². The molecule has 1 rings (SSSR count). The fourth-order valence-corrected chi connectivity index (χ4v) is 1.50. The number of methoxy groups -OCH3 is 1. The van der Waals surface area contributed by atoms with E-state index in [2.05, 4.69) is 19.1 Å². The molecule has 0 saturated heterocycles. The van der Waals surface area contributed by atoms with Gasteiger partial charge in [-0.25, -0.2) is 0 Å². The first kappa shape index (κ1) is 12.2. The Hall–Kier alpha value is -0.900. The molecule has 84 valence electrons. The van der Waals surface area contributed by atoms with Crippen LogP contribution >= 0.6 is 0 Å². The van der Waals surface area contributed by atoms with Crippen LogP contribution in [0.1, 0.15) is 19.8 Å². The Morgan fingerprint density at radius 2 is 2.33 bits per heavy atom. The predicted molar refractivity (Wildman–Crippen MR) is 61.2 cm³/mol. The molecule has 0 aromatic rings. The van der Waals surface area contributed by atoms with Crippen LogP contribution in [0.15, 0.2) is 35.5 Å². The van der Waals surface area contributed by atoms with Crippen LogP contribution in [0.5, 0.6) is 0 Å². The summed E-state index contributed by atoms with van der Waals surface area (Å²) in [6.07, 6.45) is 8.75. The standard InChI is InChI=1S/C12H19NO2/c1-9-5-3-4-6-10(7-9)11(13)8-12(14)15-2/h3-4,6-7,11-12,14H,5,8,13H2,1-2H3/t11-,12?/m0/s1. The quantitative estimate of drug-likeness (QED) is 0.690. The second-order valence-electron chi connectivity index (χ2n) is 3.82. The Bertz CT molecular complexity index is 292. The summed E-state index contributed by atoms with van der Waals surface area (Å²) in [4.78, 5) is 0. The molecule has 0 amide bonds. The van der Waals surface area contributed by atoms with E-state index < -0.39 is 6.29 Å². The number of hydrogen-bond acceptors (Lipinski definition) is 3. The van der Waals surface area contributed by atoms with Crippen molar-refractivity contribution in [2.24, 2.45) is 5.73 Å². The van der Waals surface area contributed by atoms with Gasteiger partial charge < -0.3 is 15.6 Å². The second-order valence-corrected chi connectivity index (χ2v) is 3.82. The summed E-state index contributed by atoms with van der Waals surface area (Å²) < 4.78 is 4.78. The lowest BCUT2D eigenvalue weighted by molar-refractivity contribution is -0.0797. The minimum atomic E-state index is -0.790. The Balaban J connectivity index is 2.65. The zero-order valence-corrected chi connectivity index (χ0v) is 9.31. The van der Waals surface area contributed by atoms with Crippen molar-refractivity contribution in [3.63, 3.8) is 0 Å². The van der Waals surface area contributed by atoms with Crippen LogP contribution in [-0.4, -0.2) is 24.5 Å². The molecule has 2 atom stereocenters. The summed E-state index contributed by atoms with van der Waals surface area (Å²) in [7, 11) is 1.47. The summed E-state index contributed by atoms with van der Waals surface area (Å²) in [6, 6.07) is -0.183. The third-order valence-electron chi connectivity index (χ3n) is 2.43. The first-order valence-corrected chi connectivity index (χ1v) is 5.14. The lowest BCUT2D eigenvalue weighted by atomic mass is 10.0. The Morgan fingerprint density at radius 3 is 3.00 bits per heavy atom. The van der Waals surface area contributed by atoms with Gasteiger partial charge in [-0.1, -0.05) is 29.9 Å². The molecule has 3 heteroatoms. The van der Waals surface area contributed by atoms with E-state index in [-0.39, 0.29) is 6.04 Å². The summed E-state index contributed by atoms with van der Waals surface area (Å²) in [5.74, 6) is 0. The van der Waals surface area contributed by atoms with Crippen molar-refractivity contribution >= 4 is 0 Å². The first-order valence-electron chi connectivity index (χ1n) is 5.14. The number of allylic oxidation sites excluding steroid dienone is 4. The van der Waals surface area contributed by atoms with Gasteiger partial charge in [-0.2, -0.15) is 0 Å². The lowest BCUT2D eigenvalue weighted by Crippen LogP contribution is -2.28. The van der Waals surface area contributed by atoms with E-state index in [1.54, 1.807) is 0 Å². The molecule has 0 aliphatic heterocycles. The zero-order valence-electron chi connectivity index (χ0n) is 9.31. The van der Waals surface area contributed by atoms with Gasteiger partial charge in [-0.3, -0.25) is 0 Å². The highest BCUT2D eigenvalue weighted by Crippen LogP contribution is 2.16. The average Bonchev–Trinajstić information content (AvgIpc) is 2.42. The molecule has 0 bridgehead atoms. The van der Waals surface area contributed by atoms with Crippen LogP contribution in [0.25, 0.3) is 0 Å². The normalized spacial score (nSPS) is 20.3. The maximum atomic E-state index is 9.33. The Morgan fingerprint density at radius 1 is 1.60 bits per heavy atom. The fraction of sp³-hybridized carbons (Fsp3) is 0.500. The molecule has 1 unspecified atom stereocenters. The van der Waals surface area contributed by atoms with Crippen LogP contribution in [0.2, 0.25) is 0 Å². The van der Waals surface area contributed by atoms with Crippen LogP contribution < -0.4 is 5.73 Å². The van der Waals surface area contributed by atoms with Gasteiger partial charge in [0.2, 0.25) is 0 Å². The molecule has 0 fully saturated rings. The largest absolute Gasteiger partial charge is 0.368 e. The number of aliphatic hydroxyl groups excluding tert-OH is 1. The smallest absolute Gasteiger partial charge is 0.155 e. The van der Waals surface area contributed by atoms with E-state index in [1.807, 2.05) is 12.2 Å². The van der Waals surface area contributed by atoms with Crippen molar-refractivity contribution in [2.75, 3.05) is 7.11 Å². The number of hydrogen-bond donors (Lipinski definition) is 2. The molecule has 0 aromatic carbocycles. The van der Waals surface area contributed by atoms with Crippen LogP contribution in [-0.2, 0) is 4.74 Å². The molecular formula is C12H19NO2. The SMILES string of the molecule is COC(O)C[C@H](N)C1=CC=CCC(C)=C1. The van der Waals surface area contributed by atoms with Crippen molar-refractivity contribution in [3.8, 4) is 0 Å². The van der Waals surface area contributed by atoms with E-state index in [0.29, 0.717) is 6.42 Å². The molecule has 0 spiro atoms. The van der Waals surface area contributed by atoms with Gasteiger partial charge in [-0.05, 0) is 18.9 Å². The number of rotatable bonds is 4. The molecule has 1 aliphatic carbocycles. The highest BCUT2D eigenvalue weighted by atomic mass is 16.6. The molecule has 0 radical (unpaired) electrons. The van der Waals surface area contributed by atoms with Gasteiger partial charge in [0, 0.05) is 19.6 Å². The summed E-state index contributed by atoms with van der Waals surface area (Å²) in [5, 5.41) is 9.33. The number of nitrogens with two attached hydrogens (primary N) is 1. The third kappa shape index (κ3) is 4.00. The summed E-state index contributed by atoms with van der Waals surface area (Å²) in [6.45, 7) is 2.07. The molecule has 1 aliphatic rings. The Kier molecular flexibility index (Phi) is 4.75. The maximum absolute atomic E-state index is 9.33. The van der Waals surface area contributed by atoms with Gasteiger partial charge in [-0.15, -0.1) is 0 Å². The van der Waals surface area contributed by atoms with Crippen molar-refractivity contribution in [2.45, 2.75) is 32.1 Å². The van der Waals surface area contributed by atoms with E-state index in [4.69, 9.17) is 10.5 Å². The average molecular weight is 209 g/mol. The lowest BCUT2D eigenvalue weighted by Gasteiger charge is -2.16. The van der Waals surface area contributed by atoms with E-state index in [1.165, 1.54) is 12.7 Å². The summed E-state index contributed by atoms with van der Waals surface area (Å²) >= 11 is 0. The van der Waals surface area contributed by atoms with E-state index in [9.17, 15) is 5.11 Å². The first-order chi connectivity index (χ1) is 7.13. The van der Waals surface area contributed by atoms with Gasteiger partial charge >= 0.3 is 0 Å². The zero-order chi connectivity index (χ0) is 11.3. The van der Waals surface area contributed by atoms with Gasteiger partial charge in [0.25, 0.3) is 0 Å². The molecule has 0 heterocycles. The molecule has 0 aromatic heterocycles. The van der Waals surface area contributed by atoms with Crippen molar-refractivity contribution < 1.29 is 9.84 Å². The molecular weight excluding hydrogens is 190 g/mol. The van der Waals surface area contributed by atoms with Crippen LogP contribution in [0.3, 0.4) is 0 Å². The van der Waals surface area contributed by atoms with Crippen molar-refractivity contribution in [1.29, 1.82) is 0 Å². The minimum Gasteiger partial charge on any atom is -0.368 e. The topological polar surface area (TPSA) is 55.5 Å². The van der Waals surface area contributed by atoms with E-state index >= 15 is 0 Å². The van der Waals surface area contributed by atoms with E-state index in [0.717, 1.165) is 12.0 Å². The highest BCUT2D eigenvalue weighted by molar-refractivity contribution is 5.34. The Labute approximate surface area is 90.9 Å². The van der Waals surface area contributed by atoms with Crippen LogP contribution in [0.4, 0.5) is 0 Å². The van der Waals surface area contributed by atoms with Gasteiger partial charge in [0.1, 0.15) is 0 Å². The van der Waals surface area contributed by atoms with Crippen molar-refractivity contribution in [1.82, 2.24) is 0 Å². The molecule has 15 heavy (non-hydrogen) atoms. The molecule has 0 saturated carbocycles. The van der Waals surface area contributed by atoms with Crippen molar-refractivity contribution in [3.05, 3.63) is 35.5 Å². The monoisotopic (exact) mass is 209 g/mol. The number of ether oxygens (including phenoxy) is 1. The number of aliphatic hydroxyl groups is 1. The predicted octanol–water partition coefficient (Wildman–Crippen LogP) is 1.50. The highest BCUT2D eigenvalue weighted by Gasteiger charge is 2.13. The fourth-order valence-electron chi connectivity index (χ4n) is 1.50. The van der Waals surface area contributed by atoms with Crippen LogP contribution in [0, 0.1) is 0 Å². The summed E-state index contributed by atoms with van der Waals surface area (Å²) in [5.41, 5.74) is 8.28.